The molecule has 21 heavy (non-hydrogen) atoms. The molecule has 1 saturated carbocycles. The van der Waals surface area contributed by atoms with Crippen LogP contribution in [0.25, 0.3) is 0 Å². The van der Waals surface area contributed by atoms with Crippen molar-refractivity contribution in [1.29, 1.82) is 0 Å². The molecule has 0 amide bonds. The van der Waals surface area contributed by atoms with Gasteiger partial charge in [-0.1, -0.05) is 33.6 Å². The highest BCUT2D eigenvalue weighted by atomic mass is 16.5. The molecule has 0 aromatic heterocycles. The van der Waals surface area contributed by atoms with Crippen LogP contribution >= 0.6 is 0 Å². The lowest BCUT2D eigenvalue weighted by molar-refractivity contribution is -0.127. The van der Waals surface area contributed by atoms with E-state index < -0.39 is 0 Å². The summed E-state index contributed by atoms with van der Waals surface area (Å²) in [5.74, 6) is 1.51. The molecule has 0 radical (unpaired) electrons. The molecule has 1 N–H and O–H groups in total. The standard InChI is InChI=1S/C19H39NO/c1-8-9-17-10-12-19(13-11-17,14-20-18(5,6)7)21-16(4)15(2)3/h15-17,20H,8-14H2,1-7H3. The van der Waals surface area contributed by atoms with Crippen molar-refractivity contribution in [2.24, 2.45) is 11.8 Å². The van der Waals surface area contributed by atoms with E-state index in [1.54, 1.807) is 0 Å². The third-order valence-electron chi connectivity index (χ3n) is 5.03. The van der Waals surface area contributed by atoms with Gasteiger partial charge >= 0.3 is 0 Å². The Balaban J connectivity index is 2.67. The average Bonchev–Trinajstić information content (AvgIpc) is 2.39. The molecule has 0 aliphatic heterocycles. The second kappa shape index (κ2) is 7.97. The quantitative estimate of drug-likeness (QED) is 0.700. The predicted molar refractivity (Wildman–Crippen MR) is 92.7 cm³/mol. The minimum Gasteiger partial charge on any atom is -0.370 e. The largest absolute Gasteiger partial charge is 0.370 e. The monoisotopic (exact) mass is 297 g/mol. The van der Waals surface area contributed by atoms with Gasteiger partial charge in [0.25, 0.3) is 0 Å². The fourth-order valence-electron chi connectivity index (χ4n) is 3.19. The Kier molecular flexibility index (Phi) is 7.19. The van der Waals surface area contributed by atoms with Gasteiger partial charge in [0.1, 0.15) is 0 Å². The maximum Gasteiger partial charge on any atom is 0.0810 e. The Labute approximate surface area is 133 Å². The van der Waals surface area contributed by atoms with Crippen molar-refractivity contribution in [3.8, 4) is 0 Å². The molecule has 1 atom stereocenters. The summed E-state index contributed by atoms with van der Waals surface area (Å²) in [6, 6.07) is 0. The third-order valence-corrected chi connectivity index (χ3v) is 5.03. The van der Waals surface area contributed by atoms with E-state index in [4.69, 9.17) is 4.74 Å². The topological polar surface area (TPSA) is 21.3 Å². The van der Waals surface area contributed by atoms with Gasteiger partial charge in [-0.2, -0.15) is 0 Å². The van der Waals surface area contributed by atoms with E-state index in [1.165, 1.54) is 38.5 Å². The van der Waals surface area contributed by atoms with E-state index in [9.17, 15) is 0 Å². The molecule has 2 nitrogen and oxygen atoms in total. The van der Waals surface area contributed by atoms with Crippen LogP contribution in [0.4, 0.5) is 0 Å². The molecular formula is C19H39NO. The molecule has 0 saturated heterocycles. The van der Waals surface area contributed by atoms with Crippen molar-refractivity contribution in [2.45, 2.75) is 104 Å². The summed E-state index contributed by atoms with van der Waals surface area (Å²) in [4.78, 5) is 0. The summed E-state index contributed by atoms with van der Waals surface area (Å²) < 4.78 is 6.60. The highest BCUT2D eigenvalue weighted by Gasteiger charge is 2.38. The smallest absolute Gasteiger partial charge is 0.0810 e. The summed E-state index contributed by atoms with van der Waals surface area (Å²) in [6.07, 6.45) is 8.17. The molecule has 126 valence electrons. The molecule has 0 aromatic rings. The molecule has 1 aliphatic carbocycles. The predicted octanol–water partition coefficient (Wildman–Crippen LogP) is 5.16. The van der Waals surface area contributed by atoms with Gasteiger partial charge in [0.05, 0.1) is 11.7 Å². The summed E-state index contributed by atoms with van der Waals surface area (Å²) >= 11 is 0. The lowest BCUT2D eigenvalue weighted by Gasteiger charge is -2.44. The summed E-state index contributed by atoms with van der Waals surface area (Å²) in [7, 11) is 0. The highest BCUT2D eigenvalue weighted by molar-refractivity contribution is 4.92. The van der Waals surface area contributed by atoms with E-state index in [-0.39, 0.29) is 11.1 Å². The van der Waals surface area contributed by atoms with Crippen LogP contribution < -0.4 is 5.32 Å². The second-order valence-corrected chi connectivity index (χ2v) is 8.59. The van der Waals surface area contributed by atoms with Crippen LogP contribution in [0.3, 0.4) is 0 Å². The lowest BCUT2D eigenvalue weighted by atomic mass is 9.76. The Morgan fingerprint density at radius 1 is 1.14 bits per heavy atom. The van der Waals surface area contributed by atoms with Crippen molar-refractivity contribution in [2.75, 3.05) is 6.54 Å². The van der Waals surface area contributed by atoms with Crippen molar-refractivity contribution in [3.05, 3.63) is 0 Å². The Morgan fingerprint density at radius 3 is 2.14 bits per heavy atom. The first-order chi connectivity index (χ1) is 9.67. The van der Waals surface area contributed by atoms with Gasteiger partial charge in [-0.3, -0.25) is 0 Å². The van der Waals surface area contributed by atoms with Crippen LogP contribution in [-0.2, 0) is 4.74 Å². The number of hydrogen-bond acceptors (Lipinski definition) is 2. The molecule has 0 spiro atoms. The van der Waals surface area contributed by atoms with Crippen LogP contribution in [-0.4, -0.2) is 23.8 Å². The van der Waals surface area contributed by atoms with E-state index in [0.717, 1.165) is 12.5 Å². The number of rotatable bonds is 7. The van der Waals surface area contributed by atoms with E-state index in [0.29, 0.717) is 12.0 Å². The Morgan fingerprint density at radius 2 is 1.71 bits per heavy atom. The molecular weight excluding hydrogens is 258 g/mol. The van der Waals surface area contributed by atoms with Crippen LogP contribution in [0.2, 0.25) is 0 Å². The first-order valence-corrected chi connectivity index (χ1v) is 9.10. The fraction of sp³-hybridized carbons (Fsp3) is 1.00. The van der Waals surface area contributed by atoms with Gasteiger partial charge in [-0.25, -0.2) is 0 Å². The minimum absolute atomic E-state index is 0.0568. The van der Waals surface area contributed by atoms with Gasteiger partial charge in [-0.05, 0) is 65.2 Å². The van der Waals surface area contributed by atoms with Crippen LogP contribution in [0.5, 0.6) is 0 Å². The van der Waals surface area contributed by atoms with Crippen molar-refractivity contribution in [1.82, 2.24) is 5.32 Å². The zero-order chi connectivity index (χ0) is 16.1. The molecule has 1 rings (SSSR count). The SMILES string of the molecule is CCCC1CCC(CNC(C)(C)C)(OC(C)C(C)C)CC1. The van der Waals surface area contributed by atoms with Crippen molar-refractivity contribution >= 4 is 0 Å². The zero-order valence-corrected chi connectivity index (χ0v) is 15.6. The molecule has 1 fully saturated rings. The zero-order valence-electron chi connectivity index (χ0n) is 15.6. The van der Waals surface area contributed by atoms with Crippen LogP contribution in [0.1, 0.15) is 87.0 Å². The Bertz CT molecular complexity index is 284. The molecule has 0 heterocycles. The number of hydrogen-bond donors (Lipinski definition) is 1. The molecule has 1 unspecified atom stereocenters. The van der Waals surface area contributed by atoms with Crippen molar-refractivity contribution in [3.63, 3.8) is 0 Å². The van der Waals surface area contributed by atoms with E-state index in [2.05, 4.69) is 53.8 Å². The second-order valence-electron chi connectivity index (χ2n) is 8.59. The number of nitrogens with one attached hydrogen (secondary N) is 1. The van der Waals surface area contributed by atoms with Gasteiger partial charge < -0.3 is 10.1 Å². The fourth-order valence-corrected chi connectivity index (χ4v) is 3.19. The number of ether oxygens (including phenoxy) is 1. The third kappa shape index (κ3) is 6.69. The molecule has 2 heteroatoms. The summed E-state index contributed by atoms with van der Waals surface area (Å²) in [6.45, 7) is 16.8. The van der Waals surface area contributed by atoms with E-state index >= 15 is 0 Å². The summed E-state index contributed by atoms with van der Waals surface area (Å²) in [5, 5.41) is 3.70. The molecule has 0 aromatic carbocycles. The maximum absolute atomic E-state index is 6.60. The Hall–Kier alpha value is -0.0800. The van der Waals surface area contributed by atoms with Crippen LogP contribution in [0.15, 0.2) is 0 Å². The molecule has 1 aliphatic rings. The van der Waals surface area contributed by atoms with Gasteiger partial charge in [0.15, 0.2) is 0 Å². The highest BCUT2D eigenvalue weighted by Crippen LogP contribution is 2.38. The van der Waals surface area contributed by atoms with Crippen molar-refractivity contribution < 1.29 is 4.74 Å². The molecule has 0 bridgehead atoms. The lowest BCUT2D eigenvalue weighted by Crippen LogP contribution is -2.52. The maximum atomic E-state index is 6.60. The normalized spacial score (nSPS) is 28.9. The first kappa shape index (κ1) is 19.0. The van der Waals surface area contributed by atoms with Gasteiger partial charge in [0, 0.05) is 12.1 Å². The minimum atomic E-state index is 0.0568. The van der Waals surface area contributed by atoms with Gasteiger partial charge in [0.2, 0.25) is 0 Å². The van der Waals surface area contributed by atoms with E-state index in [1.807, 2.05) is 0 Å². The van der Waals surface area contributed by atoms with Crippen LogP contribution in [0, 0.1) is 11.8 Å². The first-order valence-electron chi connectivity index (χ1n) is 9.10. The summed E-state index contributed by atoms with van der Waals surface area (Å²) in [5.41, 5.74) is 0.221. The van der Waals surface area contributed by atoms with Gasteiger partial charge in [-0.15, -0.1) is 0 Å². The average molecular weight is 298 g/mol.